The number of Topliss-reactive ketones (excluding diaryl/α,β-unsaturated/α-hetero) is 2. The number of nitrogens with one attached hydrogen (secondary N) is 1. The topological polar surface area (TPSA) is 98.8 Å². The number of amides is 1. The van der Waals surface area contributed by atoms with E-state index in [-0.39, 0.29) is 37.1 Å². The summed E-state index contributed by atoms with van der Waals surface area (Å²) in [5.74, 6) is -0.476. The molecule has 2 aromatic rings. The Balaban J connectivity index is 1.69. The van der Waals surface area contributed by atoms with Crippen molar-refractivity contribution < 1.29 is 28.7 Å². The summed E-state index contributed by atoms with van der Waals surface area (Å²) >= 11 is 1.25. The average Bonchev–Trinajstić information content (AvgIpc) is 3.14. The van der Waals surface area contributed by atoms with Crippen molar-refractivity contribution in [2.45, 2.75) is 26.8 Å². The van der Waals surface area contributed by atoms with E-state index in [1.807, 2.05) is 0 Å². The van der Waals surface area contributed by atoms with Crippen molar-refractivity contribution in [2.24, 2.45) is 0 Å². The molecule has 0 aliphatic rings. The molecule has 0 fully saturated rings. The SMILES string of the molecule is CC(=O)NCc1ccc(C(=O)COC(=O)CCOc2ccc(C(C)=O)cc2)s1. The molecule has 1 heterocycles. The molecule has 8 heteroatoms. The number of ketones is 2. The number of carbonyl (C=O) groups is 4. The van der Waals surface area contributed by atoms with Crippen molar-refractivity contribution in [3.05, 3.63) is 51.7 Å². The summed E-state index contributed by atoms with van der Waals surface area (Å²) in [5, 5.41) is 2.65. The lowest BCUT2D eigenvalue weighted by Gasteiger charge is -2.07. The Kier molecular flexibility index (Phi) is 7.88. The predicted molar refractivity (Wildman–Crippen MR) is 104 cm³/mol. The highest BCUT2D eigenvalue weighted by Gasteiger charge is 2.13. The Labute approximate surface area is 166 Å². The largest absolute Gasteiger partial charge is 0.493 e. The Morgan fingerprint density at radius 1 is 1.00 bits per heavy atom. The van der Waals surface area contributed by atoms with Gasteiger partial charge in [0.2, 0.25) is 11.7 Å². The van der Waals surface area contributed by atoms with Crippen LogP contribution in [0.15, 0.2) is 36.4 Å². The van der Waals surface area contributed by atoms with Crippen LogP contribution in [0.25, 0.3) is 0 Å². The third kappa shape index (κ3) is 6.96. The van der Waals surface area contributed by atoms with Crippen molar-refractivity contribution in [1.82, 2.24) is 5.32 Å². The van der Waals surface area contributed by atoms with Crippen LogP contribution in [-0.4, -0.2) is 36.7 Å². The molecule has 0 bridgehead atoms. The third-order valence-electron chi connectivity index (χ3n) is 3.65. The molecule has 0 saturated heterocycles. The molecule has 1 aromatic heterocycles. The third-order valence-corrected chi connectivity index (χ3v) is 4.77. The first-order chi connectivity index (χ1) is 13.3. The second kappa shape index (κ2) is 10.4. The van der Waals surface area contributed by atoms with Crippen molar-refractivity contribution >= 4 is 34.8 Å². The molecule has 0 atom stereocenters. The summed E-state index contributed by atoms with van der Waals surface area (Å²) in [7, 11) is 0. The quantitative estimate of drug-likeness (QED) is 0.484. The molecular weight excluding hydrogens is 382 g/mol. The van der Waals surface area contributed by atoms with E-state index < -0.39 is 5.97 Å². The summed E-state index contributed by atoms with van der Waals surface area (Å²) in [5.41, 5.74) is 0.582. The number of ether oxygens (including phenoxy) is 2. The lowest BCUT2D eigenvalue weighted by Crippen LogP contribution is -2.18. The highest BCUT2D eigenvalue weighted by molar-refractivity contribution is 7.14. The fraction of sp³-hybridized carbons (Fsp3) is 0.300. The monoisotopic (exact) mass is 403 g/mol. The van der Waals surface area contributed by atoms with Crippen LogP contribution in [0.4, 0.5) is 0 Å². The molecule has 28 heavy (non-hydrogen) atoms. The van der Waals surface area contributed by atoms with Crippen molar-refractivity contribution in [1.29, 1.82) is 0 Å². The first-order valence-corrected chi connectivity index (χ1v) is 9.42. The van der Waals surface area contributed by atoms with Crippen LogP contribution in [0.1, 0.15) is 45.2 Å². The van der Waals surface area contributed by atoms with Gasteiger partial charge in [-0.25, -0.2) is 0 Å². The zero-order valence-electron chi connectivity index (χ0n) is 15.7. The highest BCUT2D eigenvalue weighted by atomic mass is 32.1. The normalized spacial score (nSPS) is 10.2. The number of carbonyl (C=O) groups excluding carboxylic acids is 4. The van der Waals surface area contributed by atoms with E-state index in [4.69, 9.17) is 9.47 Å². The number of hydrogen-bond acceptors (Lipinski definition) is 7. The van der Waals surface area contributed by atoms with Crippen LogP contribution in [0, 0.1) is 0 Å². The molecule has 7 nitrogen and oxygen atoms in total. The summed E-state index contributed by atoms with van der Waals surface area (Å²) in [6, 6.07) is 10.0. The Bertz CT molecular complexity index is 856. The molecule has 0 aliphatic carbocycles. The second-order valence-corrected chi connectivity index (χ2v) is 7.11. The minimum absolute atomic E-state index is 0.0000379. The van der Waals surface area contributed by atoms with Gasteiger partial charge >= 0.3 is 5.97 Å². The van der Waals surface area contributed by atoms with E-state index in [0.29, 0.717) is 22.7 Å². The van der Waals surface area contributed by atoms with E-state index in [2.05, 4.69) is 5.32 Å². The minimum Gasteiger partial charge on any atom is -0.493 e. The van der Waals surface area contributed by atoms with E-state index in [9.17, 15) is 19.2 Å². The lowest BCUT2D eigenvalue weighted by atomic mass is 10.1. The number of hydrogen-bond donors (Lipinski definition) is 1. The standard InChI is InChI=1S/C20H21NO6S/c1-13(22)15-3-5-16(6-4-15)26-10-9-20(25)27-12-18(24)19-8-7-17(28-19)11-21-14(2)23/h3-8H,9-12H2,1-2H3,(H,21,23). The van der Waals surface area contributed by atoms with Gasteiger partial charge in [0.25, 0.3) is 0 Å². The number of thiophene rings is 1. The number of benzene rings is 1. The van der Waals surface area contributed by atoms with Gasteiger partial charge in [0.15, 0.2) is 12.4 Å². The smallest absolute Gasteiger partial charge is 0.309 e. The minimum atomic E-state index is -0.538. The highest BCUT2D eigenvalue weighted by Crippen LogP contribution is 2.17. The number of rotatable bonds is 10. The number of esters is 1. The zero-order valence-corrected chi connectivity index (χ0v) is 16.5. The molecule has 0 spiro atoms. The molecule has 0 aliphatic heterocycles. The second-order valence-electron chi connectivity index (χ2n) is 5.94. The van der Waals surface area contributed by atoms with Crippen LogP contribution in [0.3, 0.4) is 0 Å². The van der Waals surface area contributed by atoms with Gasteiger partial charge in [0.1, 0.15) is 5.75 Å². The summed E-state index contributed by atoms with van der Waals surface area (Å²) < 4.78 is 10.4. The summed E-state index contributed by atoms with van der Waals surface area (Å²) in [4.78, 5) is 47.2. The maximum absolute atomic E-state index is 12.1. The lowest BCUT2D eigenvalue weighted by molar-refractivity contribution is -0.143. The van der Waals surface area contributed by atoms with Gasteiger partial charge in [-0.3, -0.25) is 19.2 Å². The molecule has 0 radical (unpaired) electrons. The van der Waals surface area contributed by atoms with E-state index >= 15 is 0 Å². The van der Waals surface area contributed by atoms with Crippen molar-refractivity contribution in [3.8, 4) is 5.75 Å². The van der Waals surface area contributed by atoms with Gasteiger partial charge in [0.05, 0.1) is 24.4 Å². The van der Waals surface area contributed by atoms with Gasteiger partial charge in [-0.15, -0.1) is 11.3 Å². The molecule has 1 amide bonds. The predicted octanol–water partition coefficient (Wildman–Crippen LogP) is 2.78. The molecule has 1 N–H and O–H groups in total. The Morgan fingerprint density at radius 3 is 2.36 bits per heavy atom. The van der Waals surface area contributed by atoms with Crippen LogP contribution < -0.4 is 10.1 Å². The molecule has 2 rings (SSSR count). The molecular formula is C20H21NO6S. The van der Waals surface area contributed by atoms with E-state index in [1.54, 1.807) is 36.4 Å². The van der Waals surface area contributed by atoms with E-state index in [1.165, 1.54) is 25.2 Å². The Morgan fingerprint density at radius 2 is 1.71 bits per heavy atom. The van der Waals surface area contributed by atoms with Crippen LogP contribution in [-0.2, 0) is 20.9 Å². The first kappa shape index (κ1) is 21.3. The van der Waals surface area contributed by atoms with Gasteiger partial charge in [-0.05, 0) is 43.3 Å². The van der Waals surface area contributed by atoms with Gasteiger partial charge in [-0.2, -0.15) is 0 Å². The summed E-state index contributed by atoms with van der Waals surface area (Å²) in [6.45, 7) is 3.02. The fourth-order valence-corrected chi connectivity index (χ4v) is 3.03. The molecule has 0 saturated carbocycles. The summed E-state index contributed by atoms with van der Waals surface area (Å²) in [6.07, 6.45) is -0.0000379. The molecule has 0 unspecified atom stereocenters. The fourth-order valence-electron chi connectivity index (χ4n) is 2.16. The van der Waals surface area contributed by atoms with Crippen LogP contribution >= 0.6 is 11.3 Å². The molecule has 148 valence electrons. The first-order valence-electron chi connectivity index (χ1n) is 8.61. The van der Waals surface area contributed by atoms with E-state index in [0.717, 1.165) is 4.88 Å². The average molecular weight is 403 g/mol. The van der Waals surface area contributed by atoms with Gasteiger partial charge in [0, 0.05) is 17.4 Å². The van der Waals surface area contributed by atoms with Crippen LogP contribution in [0.5, 0.6) is 5.75 Å². The maximum atomic E-state index is 12.1. The Hall–Kier alpha value is -3.00. The zero-order chi connectivity index (χ0) is 20.5. The van der Waals surface area contributed by atoms with Gasteiger partial charge < -0.3 is 14.8 Å². The maximum Gasteiger partial charge on any atom is 0.309 e. The van der Waals surface area contributed by atoms with Crippen molar-refractivity contribution in [3.63, 3.8) is 0 Å². The van der Waals surface area contributed by atoms with Crippen LogP contribution in [0.2, 0.25) is 0 Å². The van der Waals surface area contributed by atoms with Crippen molar-refractivity contribution in [2.75, 3.05) is 13.2 Å². The van der Waals surface area contributed by atoms with Gasteiger partial charge in [-0.1, -0.05) is 0 Å². The molecule has 1 aromatic carbocycles.